The summed E-state index contributed by atoms with van der Waals surface area (Å²) in [4.78, 5) is 26.9. The Morgan fingerprint density at radius 3 is 2.65 bits per heavy atom. The summed E-state index contributed by atoms with van der Waals surface area (Å²) in [6.45, 7) is 4.54. The molecule has 0 bridgehead atoms. The highest BCUT2D eigenvalue weighted by molar-refractivity contribution is 5.72. The first-order chi connectivity index (χ1) is 18.0. The van der Waals surface area contributed by atoms with Gasteiger partial charge in [-0.25, -0.2) is 9.78 Å². The predicted molar refractivity (Wildman–Crippen MR) is 144 cm³/mol. The maximum atomic E-state index is 13.3. The lowest BCUT2D eigenvalue weighted by Gasteiger charge is -2.34. The highest BCUT2D eigenvalue weighted by Gasteiger charge is 2.20. The molecule has 2 aliphatic rings. The summed E-state index contributed by atoms with van der Waals surface area (Å²) >= 11 is 0. The molecule has 186 valence electrons. The molecule has 5 heterocycles. The summed E-state index contributed by atoms with van der Waals surface area (Å²) in [6, 6.07) is 14.1. The molecule has 0 saturated carbocycles. The van der Waals surface area contributed by atoms with Crippen LogP contribution in [-0.2, 0) is 13.5 Å². The number of benzene rings is 1. The Bertz CT molecular complexity index is 1590. The van der Waals surface area contributed by atoms with Crippen molar-refractivity contribution in [3.63, 3.8) is 0 Å². The maximum Gasteiger partial charge on any atom is 0.333 e. The molecule has 1 aromatic carbocycles. The fourth-order valence-electron chi connectivity index (χ4n) is 5.15. The fraction of sp³-hybridized carbons (Fsp3) is 0.286. The Morgan fingerprint density at radius 2 is 1.84 bits per heavy atom. The summed E-state index contributed by atoms with van der Waals surface area (Å²) in [5, 5.41) is 13.3. The van der Waals surface area contributed by atoms with E-state index in [-0.39, 0.29) is 5.69 Å². The summed E-state index contributed by atoms with van der Waals surface area (Å²) in [7, 11) is 3.84. The predicted octanol–water partition coefficient (Wildman–Crippen LogP) is 2.89. The number of hydrogen-bond donors (Lipinski definition) is 1. The Labute approximate surface area is 215 Å². The van der Waals surface area contributed by atoms with Crippen molar-refractivity contribution in [2.75, 3.05) is 50.0 Å². The molecule has 0 spiro atoms. The third kappa shape index (κ3) is 4.15. The van der Waals surface area contributed by atoms with Gasteiger partial charge in [-0.05, 0) is 61.0 Å². The van der Waals surface area contributed by atoms with Gasteiger partial charge >= 0.3 is 5.69 Å². The quantitative estimate of drug-likeness (QED) is 0.468. The van der Waals surface area contributed by atoms with Gasteiger partial charge in [0.25, 0.3) is 0 Å². The average molecular weight is 493 g/mol. The van der Waals surface area contributed by atoms with Crippen LogP contribution < -0.4 is 15.9 Å². The summed E-state index contributed by atoms with van der Waals surface area (Å²) in [5.74, 6) is 0.947. The molecule has 0 amide bonds. The second-order valence-corrected chi connectivity index (χ2v) is 9.69. The van der Waals surface area contributed by atoms with Gasteiger partial charge < -0.3 is 19.7 Å². The molecule has 3 aromatic heterocycles. The Hall–Kier alpha value is -4.42. The number of nitriles is 1. The number of hydrogen-bond acceptors (Lipinski definition) is 7. The van der Waals surface area contributed by atoms with Crippen LogP contribution >= 0.6 is 0 Å². The van der Waals surface area contributed by atoms with Crippen LogP contribution in [0.2, 0.25) is 0 Å². The van der Waals surface area contributed by atoms with Gasteiger partial charge in [-0.1, -0.05) is 0 Å². The Kier molecular flexibility index (Phi) is 5.74. The number of likely N-dealkylation sites (N-methyl/N-ethyl adjacent to an activating group) is 1. The van der Waals surface area contributed by atoms with Gasteiger partial charge in [-0.3, -0.25) is 9.55 Å². The fourth-order valence-corrected chi connectivity index (χ4v) is 5.15. The summed E-state index contributed by atoms with van der Waals surface area (Å²) < 4.78 is 3.18. The van der Waals surface area contributed by atoms with Gasteiger partial charge in [0.1, 0.15) is 11.9 Å². The van der Waals surface area contributed by atoms with Crippen LogP contribution in [-0.4, -0.2) is 63.8 Å². The molecule has 0 radical (unpaired) electrons. The van der Waals surface area contributed by atoms with Crippen LogP contribution in [0.5, 0.6) is 0 Å². The first-order valence-electron chi connectivity index (χ1n) is 12.5. The van der Waals surface area contributed by atoms with Crippen molar-refractivity contribution in [1.82, 2.24) is 24.0 Å². The van der Waals surface area contributed by atoms with E-state index in [1.165, 1.54) is 5.56 Å². The molecular formula is C28H28N8O. The van der Waals surface area contributed by atoms with Gasteiger partial charge in [-0.2, -0.15) is 5.26 Å². The van der Waals surface area contributed by atoms with Crippen molar-refractivity contribution in [2.24, 2.45) is 7.05 Å². The molecule has 9 heteroatoms. The van der Waals surface area contributed by atoms with E-state index in [1.54, 1.807) is 34.6 Å². The van der Waals surface area contributed by atoms with Gasteiger partial charge in [0.05, 0.1) is 28.3 Å². The zero-order chi connectivity index (χ0) is 25.5. The number of rotatable bonds is 4. The standard InChI is InChI=1S/C28H28N8O/c1-33-9-11-35(12-10-33)25-4-3-23(14-21(25)16-29)36-26(18-34(2)28(36)37)24-15-19(5-7-30-24)22-13-20-6-8-31-27(20)32-17-22/h3-5,7,13-15,17-18H,6,8-12H2,1-2H3,(H,31,32). The highest BCUT2D eigenvalue weighted by atomic mass is 16.1. The topological polar surface area (TPSA) is 95.0 Å². The molecule has 2 aliphatic heterocycles. The molecule has 6 rings (SSSR count). The number of anilines is 2. The van der Waals surface area contributed by atoms with Crippen molar-refractivity contribution >= 4 is 11.5 Å². The normalized spacial score (nSPS) is 15.3. The molecule has 0 unspecified atom stereocenters. The molecule has 0 aliphatic carbocycles. The number of aryl methyl sites for hydroxylation is 1. The number of aromatic nitrogens is 4. The minimum absolute atomic E-state index is 0.191. The van der Waals surface area contributed by atoms with Crippen molar-refractivity contribution in [2.45, 2.75) is 6.42 Å². The molecule has 1 saturated heterocycles. The number of piperazine rings is 1. The van der Waals surface area contributed by atoms with Crippen LogP contribution in [0.15, 0.2) is 59.8 Å². The van der Waals surface area contributed by atoms with Crippen molar-refractivity contribution < 1.29 is 0 Å². The van der Waals surface area contributed by atoms with Crippen LogP contribution in [0.4, 0.5) is 11.5 Å². The van der Waals surface area contributed by atoms with E-state index in [1.807, 2.05) is 30.5 Å². The van der Waals surface area contributed by atoms with Crippen molar-refractivity contribution in [3.8, 4) is 34.3 Å². The number of nitrogens with zero attached hydrogens (tertiary/aromatic N) is 7. The van der Waals surface area contributed by atoms with E-state index in [0.717, 1.165) is 61.8 Å². The second kappa shape index (κ2) is 9.22. The van der Waals surface area contributed by atoms with E-state index in [9.17, 15) is 10.1 Å². The lowest BCUT2D eigenvalue weighted by molar-refractivity contribution is 0.313. The third-order valence-corrected chi connectivity index (χ3v) is 7.26. The second-order valence-electron chi connectivity index (χ2n) is 9.69. The number of nitrogens with one attached hydrogen (secondary N) is 1. The monoisotopic (exact) mass is 492 g/mol. The molecule has 0 atom stereocenters. The van der Waals surface area contributed by atoms with Crippen LogP contribution in [0.1, 0.15) is 11.1 Å². The number of pyridine rings is 2. The Morgan fingerprint density at radius 1 is 1.00 bits per heavy atom. The van der Waals surface area contributed by atoms with Gasteiger partial charge in [0.2, 0.25) is 0 Å². The van der Waals surface area contributed by atoms with E-state index in [4.69, 9.17) is 0 Å². The highest BCUT2D eigenvalue weighted by Crippen LogP contribution is 2.30. The van der Waals surface area contributed by atoms with Gasteiger partial charge in [0, 0.05) is 63.9 Å². The van der Waals surface area contributed by atoms with E-state index < -0.39 is 0 Å². The van der Waals surface area contributed by atoms with Crippen LogP contribution in [0.3, 0.4) is 0 Å². The van der Waals surface area contributed by atoms with Crippen molar-refractivity contribution in [1.29, 1.82) is 5.26 Å². The largest absolute Gasteiger partial charge is 0.370 e. The zero-order valence-electron chi connectivity index (χ0n) is 21.0. The molecule has 1 N–H and O–H groups in total. The van der Waals surface area contributed by atoms with Crippen LogP contribution in [0, 0.1) is 11.3 Å². The van der Waals surface area contributed by atoms with Gasteiger partial charge in [-0.15, -0.1) is 0 Å². The molecule has 4 aromatic rings. The SMILES string of the molecule is CN1CCN(c2ccc(-n3c(-c4cc(-c5cnc6c(c5)CCN6)ccn4)cn(C)c3=O)cc2C#N)CC1. The smallest absolute Gasteiger partial charge is 0.333 e. The molecular weight excluding hydrogens is 464 g/mol. The minimum atomic E-state index is -0.191. The average Bonchev–Trinajstić information content (AvgIpc) is 3.52. The molecule has 1 fully saturated rings. The number of imidazole rings is 1. The lowest BCUT2D eigenvalue weighted by atomic mass is 10.0. The summed E-state index contributed by atoms with van der Waals surface area (Å²) in [5.41, 5.74) is 6.47. The van der Waals surface area contributed by atoms with E-state index in [0.29, 0.717) is 22.6 Å². The van der Waals surface area contributed by atoms with E-state index in [2.05, 4.69) is 44.3 Å². The van der Waals surface area contributed by atoms with E-state index >= 15 is 0 Å². The third-order valence-electron chi connectivity index (χ3n) is 7.26. The lowest BCUT2D eigenvalue weighted by Crippen LogP contribution is -2.44. The van der Waals surface area contributed by atoms with Crippen molar-refractivity contribution in [3.05, 3.63) is 76.6 Å². The van der Waals surface area contributed by atoms with Gasteiger partial charge in [0.15, 0.2) is 0 Å². The molecule has 9 nitrogen and oxygen atoms in total. The van der Waals surface area contributed by atoms with Crippen LogP contribution in [0.25, 0.3) is 28.2 Å². The minimum Gasteiger partial charge on any atom is -0.370 e. The number of fused-ring (bicyclic) bond motifs is 1. The Balaban J connectivity index is 1.40. The first-order valence-corrected chi connectivity index (χ1v) is 12.5. The first kappa shape index (κ1) is 23.0. The maximum absolute atomic E-state index is 13.3. The molecule has 37 heavy (non-hydrogen) atoms. The zero-order valence-corrected chi connectivity index (χ0v) is 21.0. The summed E-state index contributed by atoms with van der Waals surface area (Å²) in [6.07, 6.45) is 6.37.